The van der Waals surface area contributed by atoms with Gasteiger partial charge in [-0.05, 0) is 43.3 Å². The summed E-state index contributed by atoms with van der Waals surface area (Å²) in [5, 5.41) is 2.48. The summed E-state index contributed by atoms with van der Waals surface area (Å²) in [6.07, 6.45) is -0.892. The van der Waals surface area contributed by atoms with E-state index in [-0.39, 0.29) is 22.1 Å². The highest BCUT2D eigenvalue weighted by atomic mass is 35.5. The molecule has 0 unspecified atom stereocenters. The van der Waals surface area contributed by atoms with Crippen molar-refractivity contribution in [2.75, 3.05) is 19.5 Å². The summed E-state index contributed by atoms with van der Waals surface area (Å²) in [5.41, 5.74) is 0.625. The molecule has 2 aromatic rings. The topological polar surface area (TPSA) is 73.9 Å². The minimum Gasteiger partial charge on any atom is -0.493 e. The fourth-order valence-corrected chi connectivity index (χ4v) is 2.25. The molecule has 0 bridgehead atoms. The predicted molar refractivity (Wildman–Crippen MR) is 94.5 cm³/mol. The van der Waals surface area contributed by atoms with Crippen molar-refractivity contribution in [3.63, 3.8) is 0 Å². The van der Waals surface area contributed by atoms with Crippen LogP contribution in [-0.2, 0) is 9.53 Å². The zero-order chi connectivity index (χ0) is 19.3. The van der Waals surface area contributed by atoms with Gasteiger partial charge < -0.3 is 19.5 Å². The second-order valence-electron chi connectivity index (χ2n) is 5.24. The lowest BCUT2D eigenvalue weighted by atomic mass is 10.2. The lowest BCUT2D eigenvalue weighted by molar-refractivity contribution is -0.122. The van der Waals surface area contributed by atoms with Crippen LogP contribution in [0.5, 0.6) is 11.5 Å². The Labute approximate surface area is 154 Å². The van der Waals surface area contributed by atoms with E-state index in [4.69, 9.17) is 21.1 Å². The van der Waals surface area contributed by atoms with Crippen LogP contribution in [0.15, 0.2) is 36.4 Å². The molecular weight excluding hydrogens is 365 g/mol. The molecule has 1 amide bonds. The third-order valence-corrected chi connectivity index (χ3v) is 3.73. The first-order chi connectivity index (χ1) is 12.3. The Balaban J connectivity index is 2.10. The molecule has 26 heavy (non-hydrogen) atoms. The van der Waals surface area contributed by atoms with Gasteiger partial charge in [-0.2, -0.15) is 0 Å². The van der Waals surface area contributed by atoms with Crippen LogP contribution in [0.4, 0.5) is 10.1 Å². The van der Waals surface area contributed by atoms with Crippen LogP contribution >= 0.6 is 11.6 Å². The molecule has 0 aliphatic rings. The van der Waals surface area contributed by atoms with Crippen molar-refractivity contribution in [2.45, 2.75) is 13.0 Å². The summed E-state index contributed by atoms with van der Waals surface area (Å²) in [7, 11) is 2.68. The number of nitrogens with one attached hydrogen (secondary N) is 1. The quantitative estimate of drug-likeness (QED) is 0.773. The number of methoxy groups -OCH3 is 2. The molecule has 0 aliphatic heterocycles. The summed E-state index contributed by atoms with van der Waals surface area (Å²) in [4.78, 5) is 23.8. The van der Waals surface area contributed by atoms with Crippen molar-refractivity contribution in [2.24, 2.45) is 0 Å². The highest BCUT2D eigenvalue weighted by Gasteiger charge is 2.19. The largest absolute Gasteiger partial charge is 0.493 e. The van der Waals surface area contributed by atoms with Crippen molar-refractivity contribution < 1.29 is 28.2 Å². The first-order valence-electron chi connectivity index (χ1n) is 7.54. The zero-order valence-electron chi connectivity index (χ0n) is 14.3. The summed E-state index contributed by atoms with van der Waals surface area (Å²) in [5.74, 6) is -1.01. The normalized spacial score (nSPS) is 11.4. The Morgan fingerprint density at radius 3 is 2.46 bits per heavy atom. The maximum atomic E-state index is 13.2. The van der Waals surface area contributed by atoms with Gasteiger partial charge in [-0.3, -0.25) is 4.79 Å². The van der Waals surface area contributed by atoms with Crippen molar-refractivity contribution in [1.29, 1.82) is 0 Å². The predicted octanol–water partition coefficient (Wildman–Crippen LogP) is 3.68. The maximum absolute atomic E-state index is 13.2. The van der Waals surface area contributed by atoms with Gasteiger partial charge in [0.1, 0.15) is 5.82 Å². The Hall–Kier alpha value is -2.80. The SMILES string of the molecule is COC(=O)c1ccc(O[C@H](C)C(=O)Nc2ccc(F)c(Cl)c2)c(OC)c1. The third-order valence-electron chi connectivity index (χ3n) is 3.44. The summed E-state index contributed by atoms with van der Waals surface area (Å²) in [6.45, 7) is 1.54. The first kappa shape index (κ1) is 19.5. The zero-order valence-corrected chi connectivity index (χ0v) is 15.1. The second kappa shape index (κ2) is 8.53. The first-order valence-corrected chi connectivity index (χ1v) is 7.92. The van der Waals surface area contributed by atoms with Gasteiger partial charge in [0.15, 0.2) is 17.6 Å². The Bertz CT molecular complexity index is 827. The van der Waals surface area contributed by atoms with Gasteiger partial charge in [-0.1, -0.05) is 11.6 Å². The van der Waals surface area contributed by atoms with E-state index >= 15 is 0 Å². The van der Waals surface area contributed by atoms with Gasteiger partial charge in [0.05, 0.1) is 24.8 Å². The Morgan fingerprint density at radius 2 is 1.85 bits per heavy atom. The van der Waals surface area contributed by atoms with E-state index in [1.807, 2.05) is 0 Å². The molecule has 0 saturated carbocycles. The molecule has 6 nitrogen and oxygen atoms in total. The van der Waals surface area contributed by atoms with Crippen LogP contribution in [0, 0.1) is 5.82 Å². The number of carbonyl (C=O) groups excluding carboxylic acids is 2. The summed E-state index contributed by atoms with van der Waals surface area (Å²) >= 11 is 5.69. The van der Waals surface area contributed by atoms with Crippen LogP contribution < -0.4 is 14.8 Å². The molecule has 0 radical (unpaired) electrons. The van der Waals surface area contributed by atoms with Crippen LogP contribution in [0.1, 0.15) is 17.3 Å². The number of halogens is 2. The Kier molecular flexibility index (Phi) is 6.41. The molecule has 8 heteroatoms. The molecule has 0 heterocycles. The number of hydrogen-bond donors (Lipinski definition) is 1. The standard InChI is InChI=1S/C18H17ClFNO5/c1-10(17(22)21-12-5-6-14(20)13(19)9-12)26-15-7-4-11(18(23)25-3)8-16(15)24-2/h4-10H,1-3H3,(H,21,22)/t10-/m1/s1. The molecule has 2 aromatic carbocycles. The number of anilines is 1. The number of amides is 1. The average Bonchev–Trinajstić information content (AvgIpc) is 2.64. The minimum atomic E-state index is -0.892. The second-order valence-corrected chi connectivity index (χ2v) is 5.64. The van der Waals surface area contributed by atoms with Crippen LogP contribution in [0.2, 0.25) is 5.02 Å². The van der Waals surface area contributed by atoms with Gasteiger partial charge in [0, 0.05) is 5.69 Å². The molecule has 0 saturated heterocycles. The van der Waals surface area contributed by atoms with Crippen molar-refractivity contribution in [3.8, 4) is 11.5 Å². The smallest absolute Gasteiger partial charge is 0.337 e. The van der Waals surface area contributed by atoms with Crippen LogP contribution in [0.25, 0.3) is 0 Å². The fourth-order valence-electron chi connectivity index (χ4n) is 2.07. The van der Waals surface area contributed by atoms with Crippen molar-refractivity contribution in [1.82, 2.24) is 0 Å². The minimum absolute atomic E-state index is 0.101. The van der Waals surface area contributed by atoms with E-state index in [0.29, 0.717) is 5.69 Å². The monoisotopic (exact) mass is 381 g/mol. The molecule has 0 fully saturated rings. The number of carbonyl (C=O) groups is 2. The van der Waals surface area contributed by atoms with Crippen LogP contribution in [0.3, 0.4) is 0 Å². The van der Waals surface area contributed by atoms with Gasteiger partial charge in [0.25, 0.3) is 5.91 Å². The third kappa shape index (κ3) is 4.64. The van der Waals surface area contributed by atoms with Gasteiger partial charge in [-0.15, -0.1) is 0 Å². The molecule has 1 atom stereocenters. The molecule has 0 aromatic heterocycles. The number of benzene rings is 2. The van der Waals surface area contributed by atoms with E-state index in [9.17, 15) is 14.0 Å². The molecule has 0 spiro atoms. The molecule has 138 valence electrons. The average molecular weight is 382 g/mol. The lowest BCUT2D eigenvalue weighted by Gasteiger charge is -2.17. The number of esters is 1. The van der Waals surface area contributed by atoms with Crippen molar-refractivity contribution >= 4 is 29.2 Å². The van der Waals surface area contributed by atoms with E-state index in [0.717, 1.165) is 6.07 Å². The number of rotatable bonds is 6. The lowest BCUT2D eigenvalue weighted by Crippen LogP contribution is -2.30. The van der Waals surface area contributed by atoms with Gasteiger partial charge in [0.2, 0.25) is 0 Å². The fraction of sp³-hybridized carbons (Fsp3) is 0.222. The molecule has 1 N–H and O–H groups in total. The number of hydrogen-bond acceptors (Lipinski definition) is 5. The maximum Gasteiger partial charge on any atom is 0.337 e. The highest BCUT2D eigenvalue weighted by Crippen LogP contribution is 2.29. The summed E-state index contributed by atoms with van der Waals surface area (Å²) < 4.78 is 28.6. The highest BCUT2D eigenvalue weighted by molar-refractivity contribution is 6.31. The van der Waals surface area contributed by atoms with Gasteiger partial charge >= 0.3 is 5.97 Å². The Morgan fingerprint density at radius 1 is 1.12 bits per heavy atom. The number of ether oxygens (including phenoxy) is 3. The van der Waals surface area contributed by atoms with E-state index < -0.39 is 23.8 Å². The van der Waals surface area contributed by atoms with E-state index in [1.54, 1.807) is 0 Å². The molecular formula is C18H17ClFNO5. The van der Waals surface area contributed by atoms with E-state index in [2.05, 4.69) is 10.1 Å². The van der Waals surface area contributed by atoms with Crippen LogP contribution in [-0.4, -0.2) is 32.2 Å². The summed E-state index contributed by atoms with van der Waals surface area (Å²) in [6, 6.07) is 8.28. The molecule has 2 rings (SSSR count). The van der Waals surface area contributed by atoms with E-state index in [1.165, 1.54) is 51.5 Å². The van der Waals surface area contributed by atoms with Gasteiger partial charge in [-0.25, -0.2) is 9.18 Å². The van der Waals surface area contributed by atoms with Crippen molar-refractivity contribution in [3.05, 3.63) is 52.8 Å². The molecule has 0 aliphatic carbocycles.